The first-order valence-corrected chi connectivity index (χ1v) is 9.40. The molecule has 1 saturated heterocycles. The number of benzene rings is 1. The van der Waals surface area contributed by atoms with E-state index in [0.717, 1.165) is 49.1 Å². The summed E-state index contributed by atoms with van der Waals surface area (Å²) < 4.78 is 14.3. The lowest BCUT2D eigenvalue weighted by Gasteiger charge is -2.29. The normalized spacial score (nSPS) is 16.3. The standard InChI is InChI=1S/C18H20BrFN6/c19-12-5-13(20)7-15(6-12)25-18-16-11(8-22-17(16)23-10-24-18)9-26-3-1-14(21)2-4-26/h5-8,10,14H,1-4,9,21H2,(H2,22,23,24,25). The lowest BCUT2D eigenvalue weighted by atomic mass is 10.1. The summed E-state index contributed by atoms with van der Waals surface area (Å²) in [6.45, 7) is 2.78. The fraction of sp³-hybridized carbons (Fsp3) is 0.333. The molecule has 2 aromatic heterocycles. The molecule has 0 aliphatic carbocycles. The van der Waals surface area contributed by atoms with Gasteiger partial charge < -0.3 is 16.0 Å². The minimum absolute atomic E-state index is 0.307. The Morgan fingerprint density at radius 2 is 2.08 bits per heavy atom. The van der Waals surface area contributed by atoms with Crippen molar-refractivity contribution in [3.05, 3.63) is 46.6 Å². The summed E-state index contributed by atoms with van der Waals surface area (Å²) in [5.41, 5.74) is 8.52. The zero-order valence-corrected chi connectivity index (χ0v) is 15.8. The van der Waals surface area contributed by atoms with Crippen molar-refractivity contribution in [1.29, 1.82) is 0 Å². The van der Waals surface area contributed by atoms with E-state index in [2.05, 4.69) is 41.1 Å². The maximum absolute atomic E-state index is 13.7. The summed E-state index contributed by atoms with van der Waals surface area (Å²) in [7, 11) is 0. The molecule has 1 aliphatic rings. The number of rotatable bonds is 4. The molecule has 0 spiro atoms. The number of likely N-dealkylation sites (tertiary alicyclic amines) is 1. The zero-order chi connectivity index (χ0) is 18.1. The second-order valence-electron chi connectivity index (χ2n) is 6.66. The van der Waals surface area contributed by atoms with Crippen molar-refractivity contribution >= 4 is 38.5 Å². The molecule has 26 heavy (non-hydrogen) atoms. The van der Waals surface area contributed by atoms with Crippen LogP contribution in [0.3, 0.4) is 0 Å². The predicted molar refractivity (Wildman–Crippen MR) is 104 cm³/mol. The number of anilines is 2. The van der Waals surface area contributed by atoms with E-state index in [-0.39, 0.29) is 5.82 Å². The van der Waals surface area contributed by atoms with E-state index in [1.165, 1.54) is 18.5 Å². The molecular weight excluding hydrogens is 399 g/mol. The Balaban J connectivity index is 1.63. The second kappa shape index (κ2) is 7.30. The van der Waals surface area contributed by atoms with E-state index < -0.39 is 0 Å². The lowest BCUT2D eigenvalue weighted by molar-refractivity contribution is 0.206. The Morgan fingerprint density at radius 1 is 1.27 bits per heavy atom. The maximum atomic E-state index is 13.7. The number of nitrogens with zero attached hydrogens (tertiary/aromatic N) is 3. The predicted octanol–water partition coefficient (Wildman–Crippen LogP) is 3.53. The average Bonchev–Trinajstić information content (AvgIpc) is 3.00. The molecular formula is C18H20BrFN6. The van der Waals surface area contributed by atoms with Crippen molar-refractivity contribution in [2.45, 2.75) is 25.4 Å². The quantitative estimate of drug-likeness (QED) is 0.603. The minimum atomic E-state index is -0.314. The highest BCUT2D eigenvalue weighted by atomic mass is 79.9. The van der Waals surface area contributed by atoms with Gasteiger partial charge in [0, 0.05) is 28.9 Å². The Morgan fingerprint density at radius 3 is 2.85 bits per heavy atom. The van der Waals surface area contributed by atoms with Crippen molar-refractivity contribution in [3.63, 3.8) is 0 Å². The number of hydrogen-bond acceptors (Lipinski definition) is 5. The number of piperidine rings is 1. The van der Waals surface area contributed by atoms with Crippen molar-refractivity contribution in [2.75, 3.05) is 18.4 Å². The molecule has 1 aromatic carbocycles. The third-order valence-corrected chi connectivity index (χ3v) is 5.16. The van der Waals surface area contributed by atoms with Gasteiger partial charge in [-0.1, -0.05) is 15.9 Å². The molecule has 0 saturated carbocycles. The lowest BCUT2D eigenvalue weighted by Crippen LogP contribution is -2.39. The number of aromatic amines is 1. The Hall–Kier alpha value is -2.03. The molecule has 3 aromatic rings. The van der Waals surface area contributed by atoms with Crippen LogP contribution in [-0.4, -0.2) is 39.0 Å². The van der Waals surface area contributed by atoms with Crippen LogP contribution in [0.1, 0.15) is 18.4 Å². The van der Waals surface area contributed by atoms with Crippen LogP contribution < -0.4 is 11.1 Å². The van der Waals surface area contributed by atoms with Gasteiger partial charge in [0.15, 0.2) is 0 Å². The van der Waals surface area contributed by atoms with Crippen LogP contribution in [0.4, 0.5) is 15.9 Å². The van der Waals surface area contributed by atoms with Crippen LogP contribution in [0.5, 0.6) is 0 Å². The van der Waals surface area contributed by atoms with E-state index in [1.54, 1.807) is 0 Å². The summed E-state index contributed by atoms with van der Waals surface area (Å²) in [6, 6.07) is 4.98. The van der Waals surface area contributed by atoms with E-state index in [0.29, 0.717) is 22.0 Å². The van der Waals surface area contributed by atoms with Crippen LogP contribution in [0.2, 0.25) is 0 Å². The molecule has 0 radical (unpaired) electrons. The van der Waals surface area contributed by atoms with E-state index in [9.17, 15) is 4.39 Å². The average molecular weight is 419 g/mol. The van der Waals surface area contributed by atoms with Gasteiger partial charge in [0.1, 0.15) is 23.6 Å². The van der Waals surface area contributed by atoms with Crippen molar-refractivity contribution in [1.82, 2.24) is 19.9 Å². The van der Waals surface area contributed by atoms with Gasteiger partial charge in [-0.2, -0.15) is 0 Å². The molecule has 0 unspecified atom stereocenters. The van der Waals surface area contributed by atoms with Gasteiger partial charge >= 0.3 is 0 Å². The first-order valence-electron chi connectivity index (χ1n) is 8.60. The summed E-state index contributed by atoms with van der Waals surface area (Å²) >= 11 is 3.32. The van der Waals surface area contributed by atoms with Gasteiger partial charge in [-0.05, 0) is 49.7 Å². The van der Waals surface area contributed by atoms with Gasteiger partial charge in [-0.15, -0.1) is 0 Å². The Kier molecular flexibility index (Phi) is 4.88. The molecule has 3 heterocycles. The number of aromatic nitrogens is 3. The van der Waals surface area contributed by atoms with Gasteiger partial charge in [-0.25, -0.2) is 14.4 Å². The number of H-pyrrole nitrogens is 1. The zero-order valence-electron chi connectivity index (χ0n) is 14.2. The largest absolute Gasteiger partial charge is 0.346 e. The van der Waals surface area contributed by atoms with E-state index in [4.69, 9.17) is 5.73 Å². The number of nitrogens with two attached hydrogens (primary N) is 1. The molecule has 6 nitrogen and oxygen atoms in total. The molecule has 0 bridgehead atoms. The van der Waals surface area contributed by atoms with Crippen molar-refractivity contribution in [2.24, 2.45) is 5.73 Å². The van der Waals surface area contributed by atoms with Crippen molar-refractivity contribution < 1.29 is 4.39 Å². The highest BCUT2D eigenvalue weighted by molar-refractivity contribution is 9.10. The van der Waals surface area contributed by atoms with Crippen molar-refractivity contribution in [3.8, 4) is 0 Å². The van der Waals surface area contributed by atoms with Crippen LogP contribution in [0, 0.1) is 5.82 Å². The fourth-order valence-corrected chi connectivity index (χ4v) is 3.83. The van der Waals surface area contributed by atoms with E-state index in [1.807, 2.05) is 12.3 Å². The summed E-state index contributed by atoms with van der Waals surface area (Å²) in [5.74, 6) is 0.351. The third kappa shape index (κ3) is 3.72. The number of fused-ring (bicyclic) bond motifs is 1. The topological polar surface area (TPSA) is 82.9 Å². The maximum Gasteiger partial charge on any atom is 0.143 e. The number of hydrogen-bond donors (Lipinski definition) is 3. The van der Waals surface area contributed by atoms with E-state index >= 15 is 0 Å². The summed E-state index contributed by atoms with van der Waals surface area (Å²) in [6.07, 6.45) is 5.50. The summed E-state index contributed by atoms with van der Waals surface area (Å²) in [5, 5.41) is 4.15. The smallest absolute Gasteiger partial charge is 0.143 e. The second-order valence-corrected chi connectivity index (χ2v) is 7.57. The first-order chi connectivity index (χ1) is 12.6. The molecule has 1 aliphatic heterocycles. The Labute approximate surface area is 159 Å². The van der Waals surface area contributed by atoms with Gasteiger partial charge in [0.05, 0.1) is 5.39 Å². The van der Waals surface area contributed by atoms with Crippen LogP contribution in [0.15, 0.2) is 35.2 Å². The van der Waals surface area contributed by atoms with Gasteiger partial charge in [0.25, 0.3) is 0 Å². The molecule has 8 heteroatoms. The molecule has 4 rings (SSSR count). The molecule has 4 N–H and O–H groups in total. The minimum Gasteiger partial charge on any atom is -0.346 e. The first kappa shape index (κ1) is 17.4. The van der Waals surface area contributed by atoms with Crippen LogP contribution in [0.25, 0.3) is 11.0 Å². The highest BCUT2D eigenvalue weighted by Gasteiger charge is 2.19. The van der Waals surface area contributed by atoms with Gasteiger partial charge in [0.2, 0.25) is 0 Å². The van der Waals surface area contributed by atoms with Crippen LogP contribution >= 0.6 is 15.9 Å². The fourth-order valence-electron chi connectivity index (χ4n) is 3.36. The molecule has 1 fully saturated rings. The number of nitrogens with one attached hydrogen (secondary N) is 2. The molecule has 136 valence electrons. The molecule has 0 amide bonds. The molecule has 0 atom stereocenters. The Bertz CT molecular complexity index is 899. The summed E-state index contributed by atoms with van der Waals surface area (Å²) in [4.78, 5) is 14.3. The SMILES string of the molecule is NC1CCN(Cc2c[nH]c3ncnc(Nc4cc(F)cc(Br)c4)c23)CC1. The monoisotopic (exact) mass is 418 g/mol. The van der Waals surface area contributed by atoms with Crippen LogP contribution in [-0.2, 0) is 6.54 Å². The van der Waals surface area contributed by atoms with Gasteiger partial charge in [-0.3, -0.25) is 4.90 Å². The highest BCUT2D eigenvalue weighted by Crippen LogP contribution is 2.29. The number of halogens is 2. The third-order valence-electron chi connectivity index (χ3n) is 4.70.